The Kier molecular flexibility index (Phi) is 6.10. The summed E-state index contributed by atoms with van der Waals surface area (Å²) in [5.74, 6) is 0.887. The first-order chi connectivity index (χ1) is 13.1. The van der Waals surface area contributed by atoms with Gasteiger partial charge >= 0.3 is 0 Å². The molecule has 1 aromatic heterocycles. The van der Waals surface area contributed by atoms with Gasteiger partial charge in [0.1, 0.15) is 4.21 Å². The molecule has 2 aliphatic heterocycles. The zero-order chi connectivity index (χ0) is 20.6. The molecule has 0 amide bonds. The van der Waals surface area contributed by atoms with Crippen LogP contribution >= 0.6 is 11.3 Å². The molecular formula is C19H32N4O3S2. The minimum Gasteiger partial charge on any atom is -0.379 e. The zero-order valence-electron chi connectivity index (χ0n) is 17.5. The number of guanidine groups is 1. The fourth-order valence-corrected chi connectivity index (χ4v) is 6.29. The molecule has 0 spiro atoms. The van der Waals surface area contributed by atoms with Gasteiger partial charge in [-0.25, -0.2) is 13.4 Å². The van der Waals surface area contributed by atoms with Crippen molar-refractivity contribution in [2.45, 2.75) is 50.9 Å². The van der Waals surface area contributed by atoms with Gasteiger partial charge in [-0.15, -0.1) is 11.3 Å². The number of likely N-dealkylation sites (tertiary alicyclic amines) is 1. The number of hydrogen-bond donors (Lipinski definition) is 1. The third-order valence-corrected chi connectivity index (χ3v) is 9.50. The highest BCUT2D eigenvalue weighted by atomic mass is 32.2. The summed E-state index contributed by atoms with van der Waals surface area (Å²) in [6.07, 6.45) is 0. The Labute approximate surface area is 172 Å². The van der Waals surface area contributed by atoms with Crippen molar-refractivity contribution in [3.05, 3.63) is 17.0 Å². The minimum absolute atomic E-state index is 0.0221. The summed E-state index contributed by atoms with van der Waals surface area (Å²) in [5, 5.41) is 3.38. The summed E-state index contributed by atoms with van der Waals surface area (Å²) in [5.41, 5.74) is 0.250. The first-order valence-electron chi connectivity index (χ1n) is 9.82. The highest BCUT2D eigenvalue weighted by molar-refractivity contribution is 7.91. The first kappa shape index (κ1) is 21.5. The molecule has 2 aliphatic rings. The van der Waals surface area contributed by atoms with Crippen molar-refractivity contribution in [3.63, 3.8) is 0 Å². The van der Waals surface area contributed by atoms with Gasteiger partial charge in [-0.1, -0.05) is 13.8 Å². The lowest BCUT2D eigenvalue weighted by atomic mass is 9.65. The van der Waals surface area contributed by atoms with E-state index in [1.807, 2.05) is 6.07 Å². The van der Waals surface area contributed by atoms with Gasteiger partial charge in [-0.3, -0.25) is 0 Å². The largest absolute Gasteiger partial charge is 0.379 e. The molecule has 0 radical (unpaired) electrons. The molecule has 0 aromatic carbocycles. The van der Waals surface area contributed by atoms with Crippen LogP contribution in [-0.2, 0) is 21.3 Å². The molecule has 0 saturated carbocycles. The van der Waals surface area contributed by atoms with E-state index in [1.54, 1.807) is 6.07 Å². The van der Waals surface area contributed by atoms with Gasteiger partial charge < -0.3 is 15.0 Å². The highest BCUT2D eigenvalue weighted by Gasteiger charge is 2.53. The Morgan fingerprint density at radius 2 is 1.93 bits per heavy atom. The number of morpholine rings is 1. The molecule has 0 bridgehead atoms. The molecule has 1 aromatic rings. The van der Waals surface area contributed by atoms with Crippen LogP contribution in [0.1, 0.15) is 39.5 Å². The molecule has 9 heteroatoms. The molecule has 1 N–H and O–H groups in total. The van der Waals surface area contributed by atoms with Crippen LogP contribution in [0.5, 0.6) is 0 Å². The van der Waals surface area contributed by atoms with Gasteiger partial charge in [0, 0.05) is 42.0 Å². The highest BCUT2D eigenvalue weighted by Crippen LogP contribution is 2.46. The fraction of sp³-hybridized carbons (Fsp3) is 0.737. The first-order valence-corrected chi connectivity index (χ1v) is 12.1. The molecule has 0 unspecified atom stereocenters. The Balaban J connectivity index is 1.73. The molecule has 158 valence electrons. The molecule has 0 aliphatic carbocycles. The number of hydrogen-bond acceptors (Lipinski definition) is 5. The summed E-state index contributed by atoms with van der Waals surface area (Å²) in [6.45, 7) is 15.0. The topological polar surface area (TPSA) is 74.2 Å². The Morgan fingerprint density at radius 1 is 1.25 bits per heavy atom. The summed E-state index contributed by atoms with van der Waals surface area (Å²) >= 11 is 1.31. The van der Waals surface area contributed by atoms with Crippen LogP contribution in [0.3, 0.4) is 0 Å². The number of rotatable bonds is 5. The van der Waals surface area contributed by atoms with Gasteiger partial charge in [0.05, 0.1) is 19.8 Å². The average molecular weight is 429 g/mol. The van der Waals surface area contributed by atoms with E-state index in [9.17, 15) is 8.42 Å². The van der Waals surface area contributed by atoms with Gasteiger partial charge in [-0.2, -0.15) is 4.31 Å². The Morgan fingerprint density at radius 3 is 2.50 bits per heavy atom. The number of aliphatic imine (C=N–C) groups is 1. The summed E-state index contributed by atoms with van der Waals surface area (Å²) in [4.78, 5) is 8.03. The number of ether oxygens (including phenoxy) is 1. The molecule has 3 rings (SSSR count). The Hall–Kier alpha value is -1.16. The second kappa shape index (κ2) is 7.93. The van der Waals surface area contributed by atoms with Crippen molar-refractivity contribution in [1.29, 1.82) is 0 Å². The number of thiophene rings is 1. The smallest absolute Gasteiger partial charge is 0.252 e. The molecular weight excluding hydrogens is 396 g/mol. The van der Waals surface area contributed by atoms with E-state index < -0.39 is 10.0 Å². The van der Waals surface area contributed by atoms with Crippen molar-refractivity contribution >= 4 is 27.3 Å². The molecule has 2 saturated heterocycles. The molecule has 2 fully saturated rings. The van der Waals surface area contributed by atoms with Crippen molar-refractivity contribution in [3.8, 4) is 0 Å². The number of nitrogens with one attached hydrogen (secondary N) is 1. The molecule has 0 atom stereocenters. The lowest BCUT2D eigenvalue weighted by Crippen LogP contribution is -2.72. The van der Waals surface area contributed by atoms with E-state index in [-0.39, 0.29) is 11.0 Å². The van der Waals surface area contributed by atoms with Crippen molar-refractivity contribution in [1.82, 2.24) is 14.5 Å². The number of nitrogens with zero attached hydrogens (tertiary/aromatic N) is 3. The van der Waals surface area contributed by atoms with Crippen LogP contribution < -0.4 is 5.32 Å². The number of sulfonamides is 1. The van der Waals surface area contributed by atoms with Crippen molar-refractivity contribution < 1.29 is 13.2 Å². The summed E-state index contributed by atoms with van der Waals surface area (Å²) in [7, 11) is -3.44. The lowest BCUT2D eigenvalue weighted by Gasteiger charge is -2.62. The molecule has 28 heavy (non-hydrogen) atoms. The second-order valence-corrected chi connectivity index (χ2v) is 11.8. The van der Waals surface area contributed by atoms with E-state index >= 15 is 0 Å². The molecule has 7 nitrogen and oxygen atoms in total. The maximum Gasteiger partial charge on any atom is 0.252 e. The van der Waals surface area contributed by atoms with Crippen LogP contribution in [0.4, 0.5) is 0 Å². The van der Waals surface area contributed by atoms with Crippen LogP contribution in [0.15, 0.2) is 21.3 Å². The third-order valence-electron chi connectivity index (χ3n) is 6.06. The standard InChI is InChI=1S/C19H32N4O3S2/c1-6-20-17(23-14-18(2,3)19(23,4)5)21-13-15-7-8-16(27-15)28(24,25)22-9-11-26-12-10-22/h7-8H,6,9-14H2,1-5H3,(H,20,21). The van der Waals surface area contributed by atoms with E-state index in [1.165, 1.54) is 15.6 Å². The van der Waals surface area contributed by atoms with Crippen LogP contribution in [0.2, 0.25) is 0 Å². The lowest BCUT2D eigenvalue weighted by molar-refractivity contribution is -0.0667. The molecule has 3 heterocycles. The van der Waals surface area contributed by atoms with E-state index in [4.69, 9.17) is 9.73 Å². The minimum atomic E-state index is -3.44. The predicted molar refractivity (Wildman–Crippen MR) is 113 cm³/mol. The SMILES string of the molecule is CCNC(=NCc1ccc(S(=O)(=O)N2CCOCC2)s1)N1CC(C)(C)C1(C)C. The van der Waals surface area contributed by atoms with Gasteiger partial charge in [0.15, 0.2) is 5.96 Å². The Bertz CT molecular complexity index is 824. The second-order valence-electron chi connectivity index (χ2n) is 8.44. The maximum absolute atomic E-state index is 12.8. The fourth-order valence-electron chi connectivity index (χ4n) is 3.44. The normalized spacial score (nSPS) is 22.8. The quantitative estimate of drug-likeness (QED) is 0.576. The van der Waals surface area contributed by atoms with Crippen LogP contribution in [0.25, 0.3) is 0 Å². The zero-order valence-corrected chi connectivity index (χ0v) is 19.1. The van der Waals surface area contributed by atoms with Crippen LogP contribution in [0, 0.1) is 5.41 Å². The third kappa shape index (κ3) is 3.94. The predicted octanol–water partition coefficient (Wildman–Crippen LogP) is 2.35. The van der Waals surface area contributed by atoms with Gasteiger partial charge in [0.2, 0.25) is 0 Å². The van der Waals surface area contributed by atoms with E-state index in [0.717, 1.165) is 23.9 Å². The summed E-state index contributed by atoms with van der Waals surface area (Å²) in [6, 6.07) is 3.57. The van der Waals surface area contributed by atoms with Crippen LogP contribution in [-0.4, -0.2) is 68.5 Å². The van der Waals surface area contributed by atoms with E-state index in [2.05, 4.69) is 44.8 Å². The van der Waals surface area contributed by atoms with Gasteiger partial charge in [-0.05, 0) is 32.9 Å². The average Bonchev–Trinajstić information content (AvgIpc) is 3.14. The summed E-state index contributed by atoms with van der Waals surface area (Å²) < 4.78 is 32.7. The van der Waals surface area contributed by atoms with Gasteiger partial charge in [0.25, 0.3) is 10.0 Å². The van der Waals surface area contributed by atoms with Crippen molar-refractivity contribution in [2.75, 3.05) is 39.4 Å². The monoisotopic (exact) mass is 428 g/mol. The van der Waals surface area contributed by atoms with E-state index in [0.29, 0.717) is 37.1 Å². The maximum atomic E-state index is 12.8. The van der Waals surface area contributed by atoms with Crippen molar-refractivity contribution in [2.24, 2.45) is 10.4 Å².